The first-order valence-electron chi connectivity index (χ1n) is 10.2. The van der Waals surface area contributed by atoms with E-state index in [2.05, 4.69) is 37.8 Å². The molecule has 156 valence electrons. The van der Waals surface area contributed by atoms with Gasteiger partial charge in [0, 0.05) is 46.3 Å². The summed E-state index contributed by atoms with van der Waals surface area (Å²) in [5.41, 5.74) is 1.94. The van der Waals surface area contributed by atoms with Gasteiger partial charge < -0.3 is 0 Å². The van der Waals surface area contributed by atoms with Gasteiger partial charge in [-0.3, -0.25) is 9.97 Å². The average molecular weight is 410 g/mol. The predicted molar refractivity (Wildman–Crippen MR) is 131 cm³/mol. The van der Waals surface area contributed by atoms with Crippen LogP contribution in [0.5, 0.6) is 0 Å². The largest absolute Gasteiger partial charge is 0.264 e. The molecule has 0 amide bonds. The van der Waals surface area contributed by atoms with Crippen molar-refractivity contribution in [2.24, 2.45) is 0 Å². The highest BCUT2D eigenvalue weighted by Crippen LogP contribution is 2.16. The summed E-state index contributed by atoms with van der Waals surface area (Å²) < 4.78 is 0. The molecule has 0 aliphatic heterocycles. The first-order chi connectivity index (χ1) is 15.3. The van der Waals surface area contributed by atoms with Crippen LogP contribution in [0, 0.1) is 0 Å². The lowest BCUT2D eigenvalue weighted by Crippen LogP contribution is -1.83. The Bertz CT molecular complexity index is 1080. The second-order valence-corrected chi connectivity index (χ2v) is 6.00. The fourth-order valence-electron chi connectivity index (χ4n) is 2.60. The zero-order chi connectivity index (χ0) is 22.3. The number of aromatic nitrogens is 5. The molecule has 0 atom stereocenters. The predicted octanol–water partition coefficient (Wildman–Crippen LogP) is 6.58. The molecule has 5 rings (SSSR count). The van der Waals surface area contributed by atoms with Gasteiger partial charge in [0.1, 0.15) is 0 Å². The van der Waals surface area contributed by atoms with Crippen molar-refractivity contribution >= 4 is 32.6 Å². The highest BCUT2D eigenvalue weighted by atomic mass is 15.1. The molecule has 4 heterocycles. The van der Waals surface area contributed by atoms with Crippen LogP contribution >= 0.6 is 0 Å². The van der Waals surface area contributed by atoms with Crippen molar-refractivity contribution in [2.75, 3.05) is 0 Å². The minimum absolute atomic E-state index is 0.971. The number of benzene rings is 1. The second-order valence-electron chi connectivity index (χ2n) is 6.00. The summed E-state index contributed by atoms with van der Waals surface area (Å²) in [7, 11) is 0. The van der Waals surface area contributed by atoms with E-state index in [1.807, 2.05) is 81.7 Å². The van der Waals surface area contributed by atoms with E-state index in [1.165, 1.54) is 0 Å². The molecule has 0 aliphatic rings. The van der Waals surface area contributed by atoms with Gasteiger partial charge >= 0.3 is 0 Å². The molecule has 5 heteroatoms. The summed E-state index contributed by atoms with van der Waals surface area (Å²) in [4.78, 5) is 12.6. The van der Waals surface area contributed by atoms with E-state index in [0.717, 1.165) is 32.6 Å². The van der Waals surface area contributed by atoms with Crippen molar-refractivity contribution in [1.29, 1.82) is 0 Å². The molecule has 0 bridgehead atoms. The molecule has 0 N–H and O–H groups in total. The van der Waals surface area contributed by atoms with Crippen molar-refractivity contribution in [3.63, 3.8) is 0 Å². The van der Waals surface area contributed by atoms with E-state index in [0.29, 0.717) is 0 Å². The maximum atomic E-state index is 4.50. The molecule has 0 saturated carbocycles. The average Bonchev–Trinajstić information content (AvgIpc) is 2.85. The number of rotatable bonds is 1. The van der Waals surface area contributed by atoms with Gasteiger partial charge in [-0.15, -0.1) is 0 Å². The van der Waals surface area contributed by atoms with Crippen LogP contribution in [0.15, 0.2) is 104 Å². The van der Waals surface area contributed by atoms with Gasteiger partial charge in [-0.25, -0.2) is 4.98 Å². The van der Waals surface area contributed by atoms with Gasteiger partial charge in [-0.2, -0.15) is 10.2 Å². The molecule has 31 heavy (non-hydrogen) atoms. The molecule has 1 aromatic carbocycles. The third-order valence-electron chi connectivity index (χ3n) is 3.99. The van der Waals surface area contributed by atoms with Crippen molar-refractivity contribution < 1.29 is 0 Å². The molecule has 0 aliphatic carbocycles. The van der Waals surface area contributed by atoms with Crippen LogP contribution in [-0.2, 0) is 0 Å². The van der Waals surface area contributed by atoms with E-state index in [-0.39, 0.29) is 0 Å². The zero-order valence-electron chi connectivity index (χ0n) is 18.2. The van der Waals surface area contributed by atoms with E-state index in [4.69, 9.17) is 0 Å². The highest BCUT2D eigenvalue weighted by Gasteiger charge is 1.97. The minimum atomic E-state index is 0.971. The molecule has 0 saturated heterocycles. The maximum absolute atomic E-state index is 4.50. The van der Waals surface area contributed by atoms with E-state index in [1.54, 1.807) is 30.9 Å². The number of hydrogen-bond donors (Lipinski definition) is 0. The molecular formula is C26H27N5. The molecule has 0 fully saturated rings. The maximum Gasteiger partial charge on any atom is 0.0740 e. The lowest BCUT2D eigenvalue weighted by atomic mass is 10.2. The lowest BCUT2D eigenvalue weighted by molar-refractivity contribution is 1.05. The number of fused-ring (bicyclic) bond motifs is 3. The Morgan fingerprint density at radius 2 is 1.23 bits per heavy atom. The normalized spacial score (nSPS) is 9.77. The number of allylic oxidation sites excluding steroid dienone is 3. The van der Waals surface area contributed by atoms with Crippen molar-refractivity contribution in [2.45, 2.75) is 20.8 Å². The Morgan fingerprint density at radius 1 is 0.710 bits per heavy atom. The van der Waals surface area contributed by atoms with Crippen molar-refractivity contribution in [3.8, 4) is 0 Å². The fourth-order valence-corrected chi connectivity index (χ4v) is 2.60. The summed E-state index contributed by atoms with van der Waals surface area (Å²) >= 11 is 0. The zero-order valence-corrected chi connectivity index (χ0v) is 18.2. The molecule has 4 aromatic heterocycles. The molecule has 0 unspecified atom stereocenters. The minimum Gasteiger partial charge on any atom is -0.264 e. The topological polar surface area (TPSA) is 64.5 Å². The number of pyridine rings is 3. The standard InChI is InChI=1S/C11H7N3.C8H6N2.C5H8.C2H6/c1-3-12-6-8-5-9-7-13-4-2-11(9)14-10(1)8;1-2-4-8-6-10-9-5-7(8)3-1;1-3-5-4-2;1-2/h1-7H;1-6H;3-5H,1H2,2H3;1-2H3/b;;5-4-;. The van der Waals surface area contributed by atoms with E-state index >= 15 is 0 Å². The van der Waals surface area contributed by atoms with Crippen LogP contribution in [0.1, 0.15) is 20.8 Å². The first kappa shape index (κ1) is 23.3. The van der Waals surface area contributed by atoms with Crippen molar-refractivity contribution in [3.05, 3.63) is 104 Å². The molecule has 0 radical (unpaired) electrons. The second kappa shape index (κ2) is 13.3. The SMILES string of the molecule is C=C/C=C\C.CC.c1cc2nc3ccncc3cc2cn1.c1ccc2cnncc2c1. The van der Waals surface area contributed by atoms with Gasteiger partial charge in [0.05, 0.1) is 23.4 Å². The molecule has 5 aromatic rings. The Labute approximate surface area is 183 Å². The summed E-state index contributed by atoms with van der Waals surface area (Å²) in [5, 5.41) is 11.9. The van der Waals surface area contributed by atoms with Gasteiger partial charge in [0.2, 0.25) is 0 Å². The number of hydrogen-bond acceptors (Lipinski definition) is 5. The Morgan fingerprint density at radius 3 is 1.65 bits per heavy atom. The summed E-state index contributed by atoms with van der Waals surface area (Å²) in [6.45, 7) is 9.42. The molecular weight excluding hydrogens is 382 g/mol. The monoisotopic (exact) mass is 409 g/mol. The summed E-state index contributed by atoms with van der Waals surface area (Å²) in [6.07, 6.45) is 16.2. The molecule has 0 spiro atoms. The van der Waals surface area contributed by atoms with Crippen LogP contribution in [0.3, 0.4) is 0 Å². The van der Waals surface area contributed by atoms with E-state index < -0.39 is 0 Å². The van der Waals surface area contributed by atoms with Crippen LogP contribution in [0.4, 0.5) is 0 Å². The Kier molecular flexibility index (Phi) is 9.97. The highest BCUT2D eigenvalue weighted by molar-refractivity contribution is 5.91. The third kappa shape index (κ3) is 7.08. The van der Waals surface area contributed by atoms with Crippen LogP contribution in [0.25, 0.3) is 32.6 Å². The third-order valence-corrected chi connectivity index (χ3v) is 3.99. The van der Waals surface area contributed by atoms with E-state index in [9.17, 15) is 0 Å². The Balaban J connectivity index is 0.000000176. The summed E-state index contributed by atoms with van der Waals surface area (Å²) in [5.74, 6) is 0. The first-order valence-corrected chi connectivity index (χ1v) is 10.2. The summed E-state index contributed by atoms with van der Waals surface area (Å²) in [6, 6.07) is 13.9. The van der Waals surface area contributed by atoms with Crippen LogP contribution in [0.2, 0.25) is 0 Å². The van der Waals surface area contributed by atoms with Gasteiger partial charge in [0.25, 0.3) is 0 Å². The van der Waals surface area contributed by atoms with Crippen molar-refractivity contribution in [1.82, 2.24) is 25.1 Å². The fraction of sp³-hybridized carbons (Fsp3) is 0.115. The van der Waals surface area contributed by atoms with Gasteiger partial charge in [-0.1, -0.05) is 62.9 Å². The van der Waals surface area contributed by atoms with Crippen LogP contribution < -0.4 is 0 Å². The smallest absolute Gasteiger partial charge is 0.0740 e. The van der Waals surface area contributed by atoms with Gasteiger partial charge in [0.15, 0.2) is 0 Å². The lowest BCUT2D eigenvalue weighted by Gasteiger charge is -1.99. The molecule has 5 nitrogen and oxygen atoms in total. The van der Waals surface area contributed by atoms with Crippen LogP contribution in [-0.4, -0.2) is 25.1 Å². The Hall–Kier alpha value is -3.99. The number of nitrogens with zero attached hydrogens (tertiary/aromatic N) is 5. The quantitative estimate of drug-likeness (QED) is 0.231. The van der Waals surface area contributed by atoms with Gasteiger partial charge in [-0.05, 0) is 25.1 Å².